The zero-order chi connectivity index (χ0) is 24.9. The highest BCUT2D eigenvalue weighted by Gasteiger charge is 2.28. The molecule has 0 aliphatic rings. The molecule has 0 saturated heterocycles. The van der Waals surface area contributed by atoms with Gasteiger partial charge in [-0.05, 0) is 48.5 Å². The monoisotopic (exact) mass is 505 g/mol. The molecule has 0 unspecified atom stereocenters. The SMILES string of the molecule is COc1ccc(S(=O)(=O)N(CC(=O)Nc2cc([N+](=O)[O-])ccc2OC)c2cccc(Cl)c2)cc1. The number of nitrogens with one attached hydrogen (secondary N) is 1. The molecule has 0 fully saturated rings. The molecule has 178 valence electrons. The summed E-state index contributed by atoms with van der Waals surface area (Å²) in [6, 6.07) is 15.4. The second-order valence-electron chi connectivity index (χ2n) is 6.86. The van der Waals surface area contributed by atoms with Crippen LogP contribution < -0.4 is 19.1 Å². The van der Waals surface area contributed by atoms with Crippen LogP contribution >= 0.6 is 11.6 Å². The number of sulfonamides is 1. The number of ether oxygens (including phenoxy) is 2. The average Bonchev–Trinajstić information content (AvgIpc) is 2.82. The summed E-state index contributed by atoms with van der Waals surface area (Å²) in [6.07, 6.45) is 0. The van der Waals surface area contributed by atoms with Gasteiger partial charge in [-0.25, -0.2) is 8.42 Å². The van der Waals surface area contributed by atoms with Gasteiger partial charge in [-0.2, -0.15) is 0 Å². The van der Waals surface area contributed by atoms with E-state index in [-0.39, 0.29) is 32.7 Å². The lowest BCUT2D eigenvalue weighted by molar-refractivity contribution is -0.384. The molecule has 3 aromatic rings. The number of benzene rings is 3. The molecule has 0 bridgehead atoms. The van der Waals surface area contributed by atoms with Crippen LogP contribution in [0.15, 0.2) is 71.6 Å². The fourth-order valence-electron chi connectivity index (χ4n) is 3.05. The van der Waals surface area contributed by atoms with Crippen molar-refractivity contribution >= 4 is 44.6 Å². The van der Waals surface area contributed by atoms with Crippen molar-refractivity contribution in [2.75, 3.05) is 30.4 Å². The maximum absolute atomic E-state index is 13.4. The second-order valence-corrected chi connectivity index (χ2v) is 9.16. The van der Waals surface area contributed by atoms with E-state index in [0.29, 0.717) is 5.75 Å². The van der Waals surface area contributed by atoms with Crippen LogP contribution in [0.3, 0.4) is 0 Å². The van der Waals surface area contributed by atoms with E-state index >= 15 is 0 Å². The molecular weight excluding hydrogens is 486 g/mol. The van der Waals surface area contributed by atoms with E-state index < -0.39 is 27.4 Å². The largest absolute Gasteiger partial charge is 0.497 e. The summed E-state index contributed by atoms with van der Waals surface area (Å²) < 4.78 is 38.0. The van der Waals surface area contributed by atoms with Crippen LogP contribution in [-0.4, -0.2) is 40.0 Å². The Morgan fingerprint density at radius 2 is 1.76 bits per heavy atom. The number of hydrogen-bond donors (Lipinski definition) is 1. The van der Waals surface area contributed by atoms with Gasteiger partial charge in [-0.15, -0.1) is 0 Å². The van der Waals surface area contributed by atoms with Crippen molar-refractivity contribution in [3.63, 3.8) is 0 Å². The minimum Gasteiger partial charge on any atom is -0.497 e. The molecule has 0 aromatic heterocycles. The number of amides is 1. The number of nitro groups is 1. The number of non-ortho nitro benzene ring substituents is 1. The number of methoxy groups -OCH3 is 2. The first-order chi connectivity index (χ1) is 16.1. The Bertz CT molecular complexity index is 1310. The van der Waals surface area contributed by atoms with Gasteiger partial charge in [0.1, 0.15) is 18.0 Å². The summed E-state index contributed by atoms with van der Waals surface area (Å²) in [5.41, 5.74) is -0.0901. The number of hydrogen-bond acceptors (Lipinski definition) is 7. The van der Waals surface area contributed by atoms with E-state index in [1.54, 1.807) is 12.1 Å². The Balaban J connectivity index is 1.97. The quantitative estimate of drug-likeness (QED) is 0.342. The van der Waals surface area contributed by atoms with Crippen molar-refractivity contribution in [2.45, 2.75) is 4.90 Å². The van der Waals surface area contributed by atoms with Gasteiger partial charge >= 0.3 is 0 Å². The highest BCUT2D eigenvalue weighted by Crippen LogP contribution is 2.30. The summed E-state index contributed by atoms with van der Waals surface area (Å²) in [4.78, 5) is 23.3. The number of anilines is 2. The zero-order valence-corrected chi connectivity index (χ0v) is 19.7. The highest BCUT2D eigenvalue weighted by atomic mass is 35.5. The Kier molecular flexibility index (Phi) is 7.59. The van der Waals surface area contributed by atoms with Crippen molar-refractivity contribution in [1.82, 2.24) is 0 Å². The number of carbonyl (C=O) groups is 1. The lowest BCUT2D eigenvalue weighted by Gasteiger charge is -2.24. The first kappa shape index (κ1) is 24.8. The minimum atomic E-state index is -4.20. The predicted molar refractivity (Wildman–Crippen MR) is 127 cm³/mol. The van der Waals surface area contributed by atoms with Gasteiger partial charge in [0.25, 0.3) is 15.7 Å². The van der Waals surface area contributed by atoms with Crippen LogP contribution in [0.1, 0.15) is 0 Å². The maximum Gasteiger partial charge on any atom is 0.271 e. The molecule has 0 spiro atoms. The smallest absolute Gasteiger partial charge is 0.271 e. The van der Waals surface area contributed by atoms with Crippen LogP contribution in [-0.2, 0) is 14.8 Å². The van der Waals surface area contributed by atoms with Crippen LogP contribution in [0.5, 0.6) is 11.5 Å². The number of carbonyl (C=O) groups excluding carboxylic acids is 1. The van der Waals surface area contributed by atoms with E-state index in [1.807, 2.05) is 0 Å². The fourth-order valence-corrected chi connectivity index (χ4v) is 4.65. The summed E-state index contributed by atoms with van der Waals surface area (Å²) in [6.45, 7) is -0.638. The molecule has 0 atom stereocenters. The minimum absolute atomic E-state index is 0.0228. The number of rotatable bonds is 9. The van der Waals surface area contributed by atoms with E-state index in [0.717, 1.165) is 10.4 Å². The molecule has 0 radical (unpaired) electrons. The third-order valence-electron chi connectivity index (χ3n) is 4.70. The predicted octanol–water partition coefficient (Wildman–Crippen LogP) is 4.10. The first-order valence-electron chi connectivity index (χ1n) is 9.70. The summed E-state index contributed by atoms with van der Waals surface area (Å²) in [7, 11) is -1.41. The molecule has 0 heterocycles. The molecule has 3 aromatic carbocycles. The van der Waals surface area contributed by atoms with Gasteiger partial charge < -0.3 is 14.8 Å². The van der Waals surface area contributed by atoms with E-state index in [4.69, 9.17) is 21.1 Å². The van der Waals surface area contributed by atoms with E-state index in [9.17, 15) is 23.3 Å². The molecule has 0 aliphatic heterocycles. The third kappa shape index (κ3) is 5.56. The van der Waals surface area contributed by atoms with Crippen LogP contribution in [0.25, 0.3) is 0 Å². The van der Waals surface area contributed by atoms with Crippen LogP contribution in [0, 0.1) is 10.1 Å². The molecule has 1 amide bonds. The first-order valence-corrected chi connectivity index (χ1v) is 11.5. The Labute approximate surface area is 200 Å². The van der Waals surface area contributed by atoms with Crippen LogP contribution in [0.4, 0.5) is 17.1 Å². The number of nitro benzene ring substituents is 1. The summed E-state index contributed by atoms with van der Waals surface area (Å²) in [5.74, 6) is -0.120. The molecule has 0 saturated carbocycles. The fraction of sp³-hybridized carbons (Fsp3) is 0.136. The summed E-state index contributed by atoms with van der Waals surface area (Å²) in [5, 5.41) is 13.9. The molecule has 3 rings (SSSR count). The van der Waals surface area contributed by atoms with Gasteiger partial charge in [-0.1, -0.05) is 17.7 Å². The second kappa shape index (κ2) is 10.4. The van der Waals surface area contributed by atoms with Gasteiger partial charge in [0, 0.05) is 17.2 Å². The molecule has 10 nitrogen and oxygen atoms in total. The number of nitrogens with zero attached hydrogens (tertiary/aromatic N) is 2. The van der Waals surface area contributed by atoms with Crippen molar-refractivity contribution in [3.05, 3.63) is 81.9 Å². The molecule has 0 aliphatic carbocycles. The van der Waals surface area contributed by atoms with E-state index in [1.165, 1.54) is 62.8 Å². The molecule has 1 N–H and O–H groups in total. The van der Waals surface area contributed by atoms with Crippen molar-refractivity contribution in [2.24, 2.45) is 0 Å². The van der Waals surface area contributed by atoms with Gasteiger partial charge in [0.15, 0.2) is 0 Å². The number of halogens is 1. The van der Waals surface area contributed by atoms with Crippen molar-refractivity contribution in [1.29, 1.82) is 0 Å². The van der Waals surface area contributed by atoms with Crippen molar-refractivity contribution < 1.29 is 27.6 Å². The van der Waals surface area contributed by atoms with Crippen LogP contribution in [0.2, 0.25) is 5.02 Å². The van der Waals surface area contributed by atoms with Gasteiger partial charge in [-0.3, -0.25) is 19.2 Å². The van der Waals surface area contributed by atoms with Gasteiger partial charge in [0.05, 0.1) is 35.4 Å². The Morgan fingerprint density at radius 1 is 1.06 bits per heavy atom. The normalized spacial score (nSPS) is 10.9. The molecule has 12 heteroatoms. The lowest BCUT2D eigenvalue weighted by Crippen LogP contribution is -2.38. The van der Waals surface area contributed by atoms with Crippen molar-refractivity contribution in [3.8, 4) is 11.5 Å². The molecular formula is C22H20ClN3O7S. The maximum atomic E-state index is 13.4. The Hall–Kier alpha value is -3.83. The summed E-state index contributed by atoms with van der Waals surface area (Å²) >= 11 is 6.06. The Morgan fingerprint density at radius 3 is 2.35 bits per heavy atom. The van der Waals surface area contributed by atoms with Gasteiger partial charge in [0.2, 0.25) is 5.91 Å². The molecule has 34 heavy (non-hydrogen) atoms. The lowest BCUT2D eigenvalue weighted by atomic mass is 10.2. The topological polar surface area (TPSA) is 128 Å². The van der Waals surface area contributed by atoms with E-state index in [2.05, 4.69) is 5.32 Å². The third-order valence-corrected chi connectivity index (χ3v) is 6.72. The average molecular weight is 506 g/mol. The standard InChI is InChI=1S/C22H20ClN3O7S/c1-32-18-7-9-19(10-8-18)34(30,31)25(16-5-3-4-15(23)12-16)14-22(27)24-20-13-17(26(28)29)6-11-21(20)33-2/h3-13H,14H2,1-2H3,(H,24,27). The highest BCUT2D eigenvalue weighted by molar-refractivity contribution is 7.92. The zero-order valence-electron chi connectivity index (χ0n) is 18.1.